The van der Waals surface area contributed by atoms with Crippen molar-refractivity contribution in [1.29, 1.82) is 0 Å². The first-order valence-corrected chi connectivity index (χ1v) is 7.85. The highest BCUT2D eigenvalue weighted by molar-refractivity contribution is 7.89. The summed E-state index contributed by atoms with van der Waals surface area (Å²) < 4.78 is 36.5. The molecule has 0 radical (unpaired) electrons. The largest absolute Gasteiger partial charge is 0.350 e. The summed E-state index contributed by atoms with van der Waals surface area (Å²) in [4.78, 5) is 11.6. The summed E-state index contributed by atoms with van der Waals surface area (Å²) in [5, 5.41) is 7.70. The predicted molar refractivity (Wildman–Crippen MR) is 74.3 cm³/mol. The van der Waals surface area contributed by atoms with E-state index in [9.17, 15) is 17.6 Å². The summed E-state index contributed by atoms with van der Waals surface area (Å²) in [5.74, 6) is -1.29. The maximum atomic E-state index is 13.7. The molecule has 0 aliphatic carbocycles. The van der Waals surface area contributed by atoms with E-state index in [1.807, 2.05) is 13.8 Å². The van der Waals surface area contributed by atoms with E-state index in [4.69, 9.17) is 5.14 Å². The Morgan fingerprint density at radius 2 is 2.05 bits per heavy atom. The first kappa shape index (κ1) is 16.6. The number of hydrogen-bond donors (Lipinski definition) is 2. The van der Waals surface area contributed by atoms with Gasteiger partial charge in [-0.3, -0.25) is 4.79 Å². The molecule has 0 saturated carbocycles. The van der Waals surface area contributed by atoms with Crippen LogP contribution in [0.15, 0.2) is 17.0 Å². The van der Waals surface area contributed by atoms with Gasteiger partial charge in [0.05, 0.1) is 4.90 Å². The molecule has 7 heteroatoms. The molecule has 0 spiro atoms. The van der Waals surface area contributed by atoms with Crippen LogP contribution in [-0.2, 0) is 10.0 Å². The molecule has 1 atom stereocenters. The lowest BCUT2D eigenvalue weighted by atomic mass is 10.1. The van der Waals surface area contributed by atoms with Crippen molar-refractivity contribution in [2.24, 2.45) is 5.14 Å². The smallest absolute Gasteiger partial charge is 0.251 e. The van der Waals surface area contributed by atoms with E-state index >= 15 is 0 Å². The molecule has 3 N–H and O–H groups in total. The van der Waals surface area contributed by atoms with E-state index in [2.05, 4.69) is 5.32 Å². The SMILES string of the molecule is CCCC(C)NC(=O)c1cc(F)c(C)c(S(N)(=O)=O)c1. The van der Waals surface area contributed by atoms with Crippen molar-refractivity contribution in [1.82, 2.24) is 5.32 Å². The Balaban J connectivity index is 3.15. The zero-order valence-corrected chi connectivity index (χ0v) is 12.6. The Morgan fingerprint density at radius 1 is 1.45 bits per heavy atom. The van der Waals surface area contributed by atoms with Crippen LogP contribution in [0.5, 0.6) is 0 Å². The molecule has 0 aromatic heterocycles. The second kappa shape index (κ2) is 6.32. The summed E-state index contributed by atoms with van der Waals surface area (Å²) in [6.45, 7) is 5.11. The number of amides is 1. The third-order valence-electron chi connectivity index (χ3n) is 2.96. The van der Waals surface area contributed by atoms with Gasteiger partial charge < -0.3 is 5.32 Å². The normalized spacial score (nSPS) is 13.1. The molecule has 0 saturated heterocycles. The summed E-state index contributed by atoms with van der Waals surface area (Å²) in [5.41, 5.74) is -0.147. The molecule has 0 fully saturated rings. The number of carbonyl (C=O) groups is 1. The zero-order chi connectivity index (χ0) is 15.5. The fourth-order valence-corrected chi connectivity index (χ4v) is 2.71. The number of hydrogen-bond acceptors (Lipinski definition) is 3. The van der Waals surface area contributed by atoms with Gasteiger partial charge in [0.25, 0.3) is 5.91 Å². The van der Waals surface area contributed by atoms with E-state index < -0.39 is 21.7 Å². The van der Waals surface area contributed by atoms with Crippen molar-refractivity contribution in [2.75, 3.05) is 0 Å². The topological polar surface area (TPSA) is 89.3 Å². The van der Waals surface area contributed by atoms with Gasteiger partial charge in [-0.1, -0.05) is 13.3 Å². The maximum Gasteiger partial charge on any atom is 0.251 e. The van der Waals surface area contributed by atoms with Gasteiger partial charge in [-0.05, 0) is 32.4 Å². The second-order valence-electron chi connectivity index (χ2n) is 4.79. The fourth-order valence-electron chi connectivity index (χ4n) is 1.89. The number of carbonyl (C=O) groups excluding carboxylic acids is 1. The quantitative estimate of drug-likeness (QED) is 0.867. The van der Waals surface area contributed by atoms with Crippen LogP contribution in [0.25, 0.3) is 0 Å². The molecule has 1 aromatic rings. The molecule has 20 heavy (non-hydrogen) atoms. The fraction of sp³-hybridized carbons (Fsp3) is 0.462. The van der Waals surface area contributed by atoms with Gasteiger partial charge in [0.15, 0.2) is 0 Å². The molecule has 1 unspecified atom stereocenters. The predicted octanol–water partition coefficient (Wildman–Crippen LogP) is 1.70. The molecule has 1 rings (SSSR count). The Kier molecular flexibility index (Phi) is 5.24. The minimum Gasteiger partial charge on any atom is -0.350 e. The van der Waals surface area contributed by atoms with Gasteiger partial charge in [0.1, 0.15) is 5.82 Å². The Hall–Kier alpha value is -1.47. The van der Waals surface area contributed by atoms with Crippen molar-refractivity contribution >= 4 is 15.9 Å². The Morgan fingerprint density at radius 3 is 2.55 bits per heavy atom. The Bertz CT molecular complexity index is 614. The average molecular weight is 302 g/mol. The van der Waals surface area contributed by atoms with Crippen LogP contribution in [0, 0.1) is 12.7 Å². The molecule has 112 valence electrons. The minimum atomic E-state index is -4.07. The van der Waals surface area contributed by atoms with Crippen LogP contribution in [0.1, 0.15) is 42.6 Å². The maximum absolute atomic E-state index is 13.7. The highest BCUT2D eigenvalue weighted by Gasteiger charge is 2.19. The van der Waals surface area contributed by atoms with Crippen LogP contribution in [-0.4, -0.2) is 20.4 Å². The number of nitrogens with one attached hydrogen (secondary N) is 1. The number of primary sulfonamides is 1. The number of rotatable bonds is 5. The molecule has 1 aromatic carbocycles. The molecule has 0 heterocycles. The van der Waals surface area contributed by atoms with Gasteiger partial charge >= 0.3 is 0 Å². The third-order valence-corrected chi connectivity index (χ3v) is 4.00. The second-order valence-corrected chi connectivity index (χ2v) is 6.32. The highest BCUT2D eigenvalue weighted by Crippen LogP contribution is 2.19. The van der Waals surface area contributed by atoms with Crippen LogP contribution < -0.4 is 10.5 Å². The van der Waals surface area contributed by atoms with Crippen molar-refractivity contribution in [3.8, 4) is 0 Å². The van der Waals surface area contributed by atoms with E-state index in [1.54, 1.807) is 0 Å². The van der Waals surface area contributed by atoms with Gasteiger partial charge in [-0.25, -0.2) is 17.9 Å². The molecule has 5 nitrogen and oxygen atoms in total. The summed E-state index contributed by atoms with van der Waals surface area (Å²) in [6.07, 6.45) is 1.67. The van der Waals surface area contributed by atoms with Gasteiger partial charge in [-0.2, -0.15) is 0 Å². The lowest BCUT2D eigenvalue weighted by molar-refractivity contribution is 0.0937. The molecular weight excluding hydrogens is 283 g/mol. The van der Waals surface area contributed by atoms with Gasteiger partial charge in [0, 0.05) is 17.2 Å². The van der Waals surface area contributed by atoms with Gasteiger partial charge in [0.2, 0.25) is 10.0 Å². The van der Waals surface area contributed by atoms with Crippen LogP contribution >= 0.6 is 0 Å². The van der Waals surface area contributed by atoms with Crippen molar-refractivity contribution < 1.29 is 17.6 Å². The third kappa shape index (κ3) is 4.01. The van der Waals surface area contributed by atoms with Gasteiger partial charge in [-0.15, -0.1) is 0 Å². The molecule has 0 aliphatic heterocycles. The van der Waals surface area contributed by atoms with Crippen LogP contribution in [0.4, 0.5) is 4.39 Å². The number of nitrogens with two attached hydrogens (primary N) is 1. The van der Waals surface area contributed by atoms with E-state index in [-0.39, 0.29) is 22.1 Å². The van der Waals surface area contributed by atoms with Crippen molar-refractivity contribution in [3.05, 3.63) is 29.1 Å². The number of sulfonamides is 1. The van der Waals surface area contributed by atoms with E-state index in [1.165, 1.54) is 6.92 Å². The molecule has 0 bridgehead atoms. The van der Waals surface area contributed by atoms with Crippen LogP contribution in [0.2, 0.25) is 0 Å². The number of benzene rings is 1. The number of halogens is 1. The Labute approximate surface area is 118 Å². The first-order chi connectivity index (χ1) is 9.16. The lowest BCUT2D eigenvalue weighted by Crippen LogP contribution is -2.32. The molecule has 1 amide bonds. The molecule has 0 aliphatic rings. The van der Waals surface area contributed by atoms with E-state index in [0.29, 0.717) is 0 Å². The van der Waals surface area contributed by atoms with Crippen molar-refractivity contribution in [2.45, 2.75) is 44.6 Å². The van der Waals surface area contributed by atoms with E-state index in [0.717, 1.165) is 25.0 Å². The highest BCUT2D eigenvalue weighted by atomic mass is 32.2. The minimum absolute atomic E-state index is 0.0555. The van der Waals surface area contributed by atoms with Crippen molar-refractivity contribution in [3.63, 3.8) is 0 Å². The monoisotopic (exact) mass is 302 g/mol. The lowest BCUT2D eigenvalue weighted by Gasteiger charge is -2.14. The standard InChI is InChI=1S/C13H19FN2O3S/c1-4-5-8(2)16-13(17)10-6-11(14)9(3)12(7-10)20(15,18)19/h6-8H,4-5H2,1-3H3,(H,16,17)(H2,15,18,19). The van der Waals surface area contributed by atoms with Crippen LogP contribution in [0.3, 0.4) is 0 Å². The molecular formula is C13H19FN2O3S. The first-order valence-electron chi connectivity index (χ1n) is 6.30. The summed E-state index contributed by atoms with van der Waals surface area (Å²) >= 11 is 0. The average Bonchev–Trinajstić information content (AvgIpc) is 2.30. The zero-order valence-electron chi connectivity index (χ0n) is 11.7. The summed E-state index contributed by atoms with van der Waals surface area (Å²) in [7, 11) is -4.07. The summed E-state index contributed by atoms with van der Waals surface area (Å²) in [6, 6.07) is 2.04.